The zero-order chi connectivity index (χ0) is 19.7. The van der Waals surface area contributed by atoms with Gasteiger partial charge in [0.1, 0.15) is 6.10 Å². The van der Waals surface area contributed by atoms with Gasteiger partial charge in [-0.25, -0.2) is 13.9 Å². The zero-order valence-corrected chi connectivity index (χ0v) is 17.9. The van der Waals surface area contributed by atoms with Crippen molar-refractivity contribution in [3.05, 3.63) is 29.0 Å². The summed E-state index contributed by atoms with van der Waals surface area (Å²) in [4.78, 5) is 12.9. The SMILES string of the molecule is CCc1n(C)c2cc(Cl)ccc2[n+]1CC(=O)OC1C[C@H](C)CC[C@H]1C(C)C. The number of hydrogen-bond acceptors (Lipinski definition) is 2. The summed E-state index contributed by atoms with van der Waals surface area (Å²) in [6.07, 6.45) is 4.24. The van der Waals surface area contributed by atoms with Crippen LogP contribution in [0.3, 0.4) is 0 Å². The predicted molar refractivity (Wildman–Crippen MR) is 109 cm³/mol. The van der Waals surface area contributed by atoms with Crippen LogP contribution in [0, 0.1) is 17.8 Å². The van der Waals surface area contributed by atoms with E-state index in [1.54, 1.807) is 0 Å². The van der Waals surface area contributed by atoms with Crippen LogP contribution in [-0.4, -0.2) is 16.6 Å². The maximum absolute atomic E-state index is 12.9. The summed E-state index contributed by atoms with van der Waals surface area (Å²) in [6, 6.07) is 5.82. The van der Waals surface area contributed by atoms with E-state index in [0.717, 1.165) is 36.1 Å². The molecule has 1 aliphatic rings. The lowest BCUT2D eigenvalue weighted by Crippen LogP contribution is -2.44. The molecule has 0 saturated heterocycles. The van der Waals surface area contributed by atoms with Crippen LogP contribution >= 0.6 is 11.6 Å². The normalized spacial score (nSPS) is 23.1. The van der Waals surface area contributed by atoms with Gasteiger partial charge in [-0.3, -0.25) is 0 Å². The summed E-state index contributed by atoms with van der Waals surface area (Å²) < 4.78 is 10.2. The van der Waals surface area contributed by atoms with E-state index in [-0.39, 0.29) is 18.6 Å². The number of carbonyl (C=O) groups excluding carboxylic acids is 1. The van der Waals surface area contributed by atoms with E-state index < -0.39 is 0 Å². The molecule has 4 nitrogen and oxygen atoms in total. The van der Waals surface area contributed by atoms with E-state index in [1.807, 2.05) is 25.2 Å². The molecule has 1 fully saturated rings. The minimum atomic E-state index is -0.137. The number of hydrogen-bond donors (Lipinski definition) is 0. The third-order valence-electron chi connectivity index (χ3n) is 6.14. The summed E-state index contributed by atoms with van der Waals surface area (Å²) >= 11 is 6.18. The number of aryl methyl sites for hydroxylation is 1. The number of carbonyl (C=O) groups is 1. The summed E-state index contributed by atoms with van der Waals surface area (Å²) in [5, 5.41) is 0.705. The second-order valence-electron chi connectivity index (χ2n) is 8.40. The molecule has 2 aromatic rings. The van der Waals surface area contributed by atoms with E-state index in [4.69, 9.17) is 16.3 Å². The van der Waals surface area contributed by atoms with Gasteiger partial charge in [0.05, 0.1) is 7.05 Å². The van der Waals surface area contributed by atoms with E-state index in [0.29, 0.717) is 22.8 Å². The van der Waals surface area contributed by atoms with Crippen LogP contribution < -0.4 is 4.57 Å². The van der Waals surface area contributed by atoms with Crippen molar-refractivity contribution in [1.82, 2.24) is 4.57 Å². The largest absolute Gasteiger partial charge is 0.459 e. The van der Waals surface area contributed by atoms with Crippen molar-refractivity contribution in [2.75, 3.05) is 0 Å². The van der Waals surface area contributed by atoms with Crippen molar-refractivity contribution in [2.45, 2.75) is 66.0 Å². The van der Waals surface area contributed by atoms with Gasteiger partial charge in [0.15, 0.2) is 17.6 Å². The van der Waals surface area contributed by atoms with Gasteiger partial charge >= 0.3 is 5.97 Å². The van der Waals surface area contributed by atoms with Crippen LogP contribution in [0.5, 0.6) is 0 Å². The quantitative estimate of drug-likeness (QED) is 0.547. The Kier molecular flexibility index (Phi) is 6.15. The highest BCUT2D eigenvalue weighted by molar-refractivity contribution is 6.31. The Labute approximate surface area is 167 Å². The molecular formula is C22H32ClN2O2+. The fourth-order valence-electron chi connectivity index (χ4n) is 4.64. The molecule has 1 aromatic heterocycles. The first-order valence-electron chi connectivity index (χ1n) is 10.2. The van der Waals surface area contributed by atoms with E-state index >= 15 is 0 Å². The van der Waals surface area contributed by atoms with Gasteiger partial charge in [-0.15, -0.1) is 0 Å². The number of nitrogens with zero attached hydrogens (tertiary/aromatic N) is 2. The van der Waals surface area contributed by atoms with Crippen LogP contribution in [0.1, 0.15) is 52.8 Å². The zero-order valence-electron chi connectivity index (χ0n) is 17.2. The van der Waals surface area contributed by atoms with Gasteiger partial charge in [0, 0.05) is 17.5 Å². The molecule has 0 bridgehead atoms. The lowest BCUT2D eigenvalue weighted by atomic mass is 9.75. The van der Waals surface area contributed by atoms with Crippen molar-refractivity contribution < 1.29 is 14.1 Å². The van der Waals surface area contributed by atoms with Crippen LogP contribution in [0.2, 0.25) is 5.02 Å². The van der Waals surface area contributed by atoms with Gasteiger partial charge < -0.3 is 4.74 Å². The van der Waals surface area contributed by atoms with Crippen LogP contribution in [0.4, 0.5) is 0 Å². The van der Waals surface area contributed by atoms with Crippen LogP contribution in [-0.2, 0) is 29.5 Å². The molecule has 27 heavy (non-hydrogen) atoms. The van der Waals surface area contributed by atoms with Gasteiger partial charge in [-0.05, 0) is 42.7 Å². The van der Waals surface area contributed by atoms with Crippen molar-refractivity contribution in [3.8, 4) is 0 Å². The smallest absolute Gasteiger partial charge is 0.348 e. The molecule has 1 saturated carbocycles. The summed E-state index contributed by atoms with van der Waals surface area (Å²) in [5.74, 6) is 2.58. The monoisotopic (exact) mass is 391 g/mol. The standard InChI is InChI=1S/C22H32ClN2O2/c1-6-21-24(5)19-12-16(23)8-10-18(19)25(21)13-22(26)27-20-11-15(4)7-9-17(20)14(2)3/h8,10,12,14-15,17,20H,6-7,9,11,13H2,1-5H3/q+1/t15-,17+,20?/m1/s1. The van der Waals surface area contributed by atoms with Crippen molar-refractivity contribution in [1.29, 1.82) is 0 Å². The summed E-state index contributed by atoms with van der Waals surface area (Å²) in [5.41, 5.74) is 2.06. The number of fused-ring (bicyclic) bond motifs is 1. The molecule has 0 N–H and O–H groups in total. The van der Waals surface area contributed by atoms with Gasteiger partial charge in [0.25, 0.3) is 5.82 Å². The van der Waals surface area contributed by atoms with Crippen LogP contribution in [0.25, 0.3) is 11.0 Å². The minimum absolute atomic E-state index is 0.0383. The second kappa shape index (κ2) is 8.22. The summed E-state index contributed by atoms with van der Waals surface area (Å²) in [7, 11) is 2.02. The minimum Gasteiger partial charge on any atom is -0.459 e. The van der Waals surface area contributed by atoms with Gasteiger partial charge in [-0.1, -0.05) is 45.7 Å². The Bertz CT molecular complexity index is 827. The fraction of sp³-hybridized carbons (Fsp3) is 0.636. The number of rotatable bonds is 5. The van der Waals surface area contributed by atoms with Crippen LogP contribution in [0.15, 0.2) is 18.2 Å². The predicted octanol–water partition coefficient (Wildman–Crippen LogP) is 4.69. The second-order valence-corrected chi connectivity index (χ2v) is 8.84. The Morgan fingerprint density at radius 3 is 2.78 bits per heavy atom. The first-order chi connectivity index (χ1) is 12.8. The van der Waals surface area contributed by atoms with E-state index in [2.05, 4.69) is 36.8 Å². The van der Waals surface area contributed by atoms with E-state index in [1.165, 1.54) is 6.42 Å². The highest BCUT2D eigenvalue weighted by Gasteiger charge is 2.34. The van der Waals surface area contributed by atoms with E-state index in [9.17, 15) is 4.79 Å². The molecule has 1 heterocycles. The highest BCUT2D eigenvalue weighted by Crippen LogP contribution is 2.35. The maximum atomic E-state index is 12.9. The molecule has 1 aliphatic carbocycles. The molecular weight excluding hydrogens is 360 g/mol. The molecule has 0 spiro atoms. The van der Waals surface area contributed by atoms with Crippen molar-refractivity contribution in [3.63, 3.8) is 0 Å². The molecule has 0 aliphatic heterocycles. The molecule has 1 unspecified atom stereocenters. The van der Waals surface area contributed by atoms with Crippen molar-refractivity contribution in [2.24, 2.45) is 24.8 Å². The van der Waals surface area contributed by atoms with Gasteiger partial charge in [-0.2, -0.15) is 0 Å². The lowest BCUT2D eigenvalue weighted by molar-refractivity contribution is -0.668. The molecule has 0 amide bonds. The average Bonchev–Trinajstić information content (AvgIpc) is 2.85. The van der Waals surface area contributed by atoms with Gasteiger partial charge in [0.2, 0.25) is 0 Å². The lowest BCUT2D eigenvalue weighted by Gasteiger charge is -2.36. The molecule has 3 rings (SSSR count). The first kappa shape index (κ1) is 20.2. The number of ether oxygens (including phenoxy) is 1. The Hall–Kier alpha value is -1.55. The third kappa shape index (κ3) is 4.16. The Balaban J connectivity index is 1.83. The fourth-order valence-corrected chi connectivity index (χ4v) is 4.81. The number of benzene rings is 1. The molecule has 3 atom stereocenters. The molecule has 0 radical (unpaired) electrons. The molecule has 1 aromatic carbocycles. The number of imidazole rings is 1. The summed E-state index contributed by atoms with van der Waals surface area (Å²) in [6.45, 7) is 9.09. The first-order valence-corrected chi connectivity index (χ1v) is 10.6. The Morgan fingerprint density at radius 2 is 2.11 bits per heavy atom. The van der Waals surface area contributed by atoms with Crippen molar-refractivity contribution >= 4 is 28.6 Å². The maximum Gasteiger partial charge on any atom is 0.348 e. The third-order valence-corrected chi connectivity index (χ3v) is 6.37. The Morgan fingerprint density at radius 1 is 1.37 bits per heavy atom. The average molecular weight is 392 g/mol. The number of esters is 1. The molecule has 5 heteroatoms. The number of aromatic nitrogens is 2. The highest BCUT2D eigenvalue weighted by atomic mass is 35.5. The number of halogens is 1. The molecule has 148 valence electrons. The topological polar surface area (TPSA) is 35.1 Å².